The van der Waals surface area contributed by atoms with E-state index in [4.69, 9.17) is 4.42 Å². The Morgan fingerprint density at radius 2 is 1.81 bits per heavy atom. The van der Waals surface area contributed by atoms with Gasteiger partial charge in [0.2, 0.25) is 5.95 Å². The highest BCUT2D eigenvalue weighted by Crippen LogP contribution is 2.16. The number of aromatic nitrogens is 2. The van der Waals surface area contributed by atoms with Crippen LogP contribution in [0.2, 0.25) is 0 Å². The highest BCUT2D eigenvalue weighted by atomic mass is 16.3. The van der Waals surface area contributed by atoms with Gasteiger partial charge < -0.3 is 14.6 Å². The Morgan fingerprint density at radius 1 is 0.962 bits per heavy atom. The molecule has 1 saturated heterocycles. The van der Waals surface area contributed by atoms with Gasteiger partial charge in [-0.25, -0.2) is 4.98 Å². The second-order valence-corrected chi connectivity index (χ2v) is 6.42. The molecule has 0 spiro atoms. The summed E-state index contributed by atoms with van der Waals surface area (Å²) >= 11 is 0. The number of piperazine rings is 1. The van der Waals surface area contributed by atoms with E-state index in [0.717, 1.165) is 44.3 Å². The van der Waals surface area contributed by atoms with Crippen LogP contribution in [-0.4, -0.2) is 41.0 Å². The molecule has 0 radical (unpaired) electrons. The van der Waals surface area contributed by atoms with Gasteiger partial charge in [0.15, 0.2) is 0 Å². The van der Waals surface area contributed by atoms with Gasteiger partial charge in [0, 0.05) is 38.9 Å². The molecule has 6 heteroatoms. The lowest BCUT2D eigenvalue weighted by Gasteiger charge is -2.35. The summed E-state index contributed by atoms with van der Waals surface area (Å²) in [5.41, 5.74) is 1.37. The summed E-state index contributed by atoms with van der Waals surface area (Å²) in [7, 11) is 0. The fraction of sp³-hybridized carbons (Fsp3) is 0.300. The van der Waals surface area contributed by atoms with Gasteiger partial charge in [-0.2, -0.15) is 4.98 Å². The minimum atomic E-state index is 0.585. The third kappa shape index (κ3) is 4.21. The molecule has 1 fully saturated rings. The van der Waals surface area contributed by atoms with Crippen molar-refractivity contribution in [3.8, 4) is 0 Å². The third-order valence-corrected chi connectivity index (χ3v) is 4.59. The van der Waals surface area contributed by atoms with Gasteiger partial charge in [0.1, 0.15) is 11.6 Å². The van der Waals surface area contributed by atoms with E-state index in [1.54, 1.807) is 6.26 Å². The van der Waals surface area contributed by atoms with Crippen molar-refractivity contribution in [3.63, 3.8) is 0 Å². The van der Waals surface area contributed by atoms with Crippen LogP contribution < -0.4 is 10.2 Å². The Hall–Kier alpha value is -2.86. The maximum absolute atomic E-state index is 5.33. The van der Waals surface area contributed by atoms with Crippen molar-refractivity contribution in [2.45, 2.75) is 13.1 Å². The maximum atomic E-state index is 5.33. The Morgan fingerprint density at radius 3 is 2.58 bits per heavy atom. The normalized spacial score (nSPS) is 15.2. The summed E-state index contributed by atoms with van der Waals surface area (Å²) in [6.45, 7) is 5.61. The second-order valence-electron chi connectivity index (χ2n) is 6.42. The summed E-state index contributed by atoms with van der Waals surface area (Å²) in [5, 5.41) is 3.21. The maximum Gasteiger partial charge on any atom is 0.224 e. The van der Waals surface area contributed by atoms with Crippen LogP contribution in [0, 0.1) is 0 Å². The first-order valence-corrected chi connectivity index (χ1v) is 8.97. The Labute approximate surface area is 153 Å². The molecule has 0 unspecified atom stereocenters. The summed E-state index contributed by atoms with van der Waals surface area (Å²) < 4.78 is 5.33. The zero-order valence-corrected chi connectivity index (χ0v) is 14.7. The summed E-state index contributed by atoms with van der Waals surface area (Å²) in [5.74, 6) is 2.47. The van der Waals surface area contributed by atoms with Crippen molar-refractivity contribution >= 4 is 11.8 Å². The molecule has 3 aromatic rings. The quantitative estimate of drug-likeness (QED) is 0.738. The van der Waals surface area contributed by atoms with E-state index in [-0.39, 0.29) is 0 Å². The van der Waals surface area contributed by atoms with E-state index >= 15 is 0 Å². The largest absolute Gasteiger partial charge is 0.467 e. The van der Waals surface area contributed by atoms with Crippen LogP contribution >= 0.6 is 0 Å². The molecule has 134 valence electrons. The van der Waals surface area contributed by atoms with Gasteiger partial charge in [-0.05, 0) is 23.8 Å². The zero-order valence-electron chi connectivity index (χ0n) is 14.7. The summed E-state index contributed by atoms with van der Waals surface area (Å²) in [4.78, 5) is 13.8. The molecule has 1 aliphatic rings. The van der Waals surface area contributed by atoms with Crippen molar-refractivity contribution in [2.24, 2.45) is 0 Å². The molecule has 0 saturated carbocycles. The lowest BCUT2D eigenvalue weighted by molar-refractivity contribution is 0.249. The predicted molar refractivity (Wildman–Crippen MR) is 102 cm³/mol. The van der Waals surface area contributed by atoms with Crippen molar-refractivity contribution in [2.75, 3.05) is 36.4 Å². The van der Waals surface area contributed by atoms with Gasteiger partial charge in [0.25, 0.3) is 0 Å². The molecule has 1 aromatic carbocycles. The average Bonchev–Trinajstić information content (AvgIpc) is 3.22. The molecular weight excluding hydrogens is 326 g/mol. The number of furan rings is 1. The SMILES string of the molecule is c1ccc(CN2CCN(c3ccnc(NCc4ccco4)n3)CC2)cc1. The fourth-order valence-corrected chi connectivity index (χ4v) is 3.17. The first-order valence-electron chi connectivity index (χ1n) is 8.97. The number of hydrogen-bond acceptors (Lipinski definition) is 6. The smallest absolute Gasteiger partial charge is 0.224 e. The molecule has 0 atom stereocenters. The molecule has 4 rings (SSSR count). The highest BCUT2D eigenvalue weighted by Gasteiger charge is 2.18. The molecule has 6 nitrogen and oxygen atoms in total. The first-order chi connectivity index (χ1) is 12.9. The second kappa shape index (κ2) is 8.01. The Bertz CT molecular complexity index is 798. The van der Waals surface area contributed by atoms with Crippen LogP contribution in [0.3, 0.4) is 0 Å². The van der Waals surface area contributed by atoms with Crippen molar-refractivity contribution < 1.29 is 4.42 Å². The fourth-order valence-electron chi connectivity index (χ4n) is 3.17. The molecule has 0 aliphatic carbocycles. The average molecular weight is 349 g/mol. The van der Waals surface area contributed by atoms with Crippen LogP contribution in [0.5, 0.6) is 0 Å². The molecule has 1 aliphatic heterocycles. The molecule has 1 N–H and O–H groups in total. The number of rotatable bonds is 6. The topological polar surface area (TPSA) is 57.4 Å². The third-order valence-electron chi connectivity index (χ3n) is 4.59. The number of benzene rings is 1. The number of anilines is 2. The summed E-state index contributed by atoms with van der Waals surface area (Å²) in [6, 6.07) is 16.4. The number of hydrogen-bond donors (Lipinski definition) is 1. The van der Waals surface area contributed by atoms with Gasteiger partial charge in [-0.15, -0.1) is 0 Å². The molecule has 2 aromatic heterocycles. The van der Waals surface area contributed by atoms with Gasteiger partial charge in [0.05, 0.1) is 12.8 Å². The standard InChI is InChI=1S/C20H23N5O/c1-2-5-17(6-3-1)16-24-10-12-25(13-11-24)19-8-9-21-20(23-19)22-15-18-7-4-14-26-18/h1-9,14H,10-13,15-16H2,(H,21,22,23). The van der Waals surface area contributed by atoms with Crippen LogP contribution in [0.4, 0.5) is 11.8 Å². The van der Waals surface area contributed by atoms with E-state index in [2.05, 4.69) is 55.4 Å². The number of nitrogens with zero attached hydrogens (tertiary/aromatic N) is 4. The Balaban J connectivity index is 1.32. The van der Waals surface area contributed by atoms with E-state index in [1.807, 2.05) is 24.4 Å². The lowest BCUT2D eigenvalue weighted by Crippen LogP contribution is -2.46. The first kappa shape index (κ1) is 16.6. The van der Waals surface area contributed by atoms with Crippen molar-refractivity contribution in [1.82, 2.24) is 14.9 Å². The zero-order chi connectivity index (χ0) is 17.6. The van der Waals surface area contributed by atoms with Crippen molar-refractivity contribution in [3.05, 3.63) is 72.3 Å². The van der Waals surface area contributed by atoms with Crippen LogP contribution in [0.15, 0.2) is 65.4 Å². The minimum Gasteiger partial charge on any atom is -0.467 e. The monoisotopic (exact) mass is 349 g/mol. The predicted octanol–water partition coefficient (Wildman–Crippen LogP) is 3.00. The van der Waals surface area contributed by atoms with Crippen LogP contribution in [0.1, 0.15) is 11.3 Å². The van der Waals surface area contributed by atoms with Gasteiger partial charge in [-0.3, -0.25) is 4.90 Å². The van der Waals surface area contributed by atoms with Crippen molar-refractivity contribution in [1.29, 1.82) is 0 Å². The summed E-state index contributed by atoms with van der Waals surface area (Å²) in [6.07, 6.45) is 3.48. The lowest BCUT2D eigenvalue weighted by atomic mass is 10.2. The van der Waals surface area contributed by atoms with Crippen LogP contribution in [-0.2, 0) is 13.1 Å². The van der Waals surface area contributed by atoms with E-state index < -0.39 is 0 Å². The molecule has 26 heavy (non-hydrogen) atoms. The molecular formula is C20H23N5O. The minimum absolute atomic E-state index is 0.585. The highest BCUT2D eigenvalue weighted by molar-refractivity contribution is 5.43. The van der Waals surface area contributed by atoms with Gasteiger partial charge >= 0.3 is 0 Å². The molecule has 3 heterocycles. The Kier molecular flexibility index (Phi) is 5.12. The van der Waals surface area contributed by atoms with E-state index in [0.29, 0.717) is 12.5 Å². The van der Waals surface area contributed by atoms with E-state index in [9.17, 15) is 0 Å². The van der Waals surface area contributed by atoms with Gasteiger partial charge in [-0.1, -0.05) is 30.3 Å². The van der Waals surface area contributed by atoms with Crippen LogP contribution in [0.25, 0.3) is 0 Å². The molecule has 0 amide bonds. The van der Waals surface area contributed by atoms with E-state index in [1.165, 1.54) is 5.56 Å². The molecule has 0 bridgehead atoms. The number of nitrogens with one attached hydrogen (secondary N) is 1.